The first-order valence-electron chi connectivity index (χ1n) is 11.1. The largest absolute Gasteiger partial charge is 0.390 e. The molecule has 31 heavy (non-hydrogen) atoms. The molecule has 0 spiro atoms. The number of rotatable bonds is 4. The number of aromatic nitrogens is 2. The summed E-state index contributed by atoms with van der Waals surface area (Å²) in [6.07, 6.45) is 3.18. The molecule has 3 aromatic rings. The Morgan fingerprint density at radius 2 is 1.81 bits per heavy atom. The molecule has 160 valence electrons. The number of aryl methyl sites for hydroxylation is 1. The van der Waals surface area contributed by atoms with Crippen LogP contribution in [0.1, 0.15) is 23.1 Å². The highest BCUT2D eigenvalue weighted by Gasteiger charge is 2.34. The van der Waals surface area contributed by atoms with Crippen LogP contribution in [-0.2, 0) is 13.0 Å². The van der Waals surface area contributed by atoms with E-state index in [-0.39, 0.29) is 6.04 Å². The molecule has 2 atom stereocenters. The zero-order valence-electron chi connectivity index (χ0n) is 17.9. The second kappa shape index (κ2) is 8.65. The molecule has 6 nitrogen and oxygen atoms in total. The third kappa shape index (κ3) is 4.27. The van der Waals surface area contributed by atoms with Gasteiger partial charge in [0.05, 0.1) is 6.10 Å². The summed E-state index contributed by atoms with van der Waals surface area (Å²) in [4.78, 5) is 13.5. The van der Waals surface area contributed by atoms with Gasteiger partial charge in [-0.15, -0.1) is 0 Å². The van der Waals surface area contributed by atoms with Gasteiger partial charge in [0.15, 0.2) is 0 Å². The summed E-state index contributed by atoms with van der Waals surface area (Å²) in [6, 6.07) is 19.0. The number of β-amino-alcohol motifs (C(OH)–C–C–N with tert-alkyl or cyclic N) is 1. The summed E-state index contributed by atoms with van der Waals surface area (Å²) in [7, 11) is 0. The third-order valence-corrected chi connectivity index (χ3v) is 6.56. The first kappa shape index (κ1) is 20.0. The van der Waals surface area contributed by atoms with Gasteiger partial charge in [0.2, 0.25) is 0 Å². The Balaban J connectivity index is 1.25. The Bertz CT molecular complexity index is 1060. The van der Waals surface area contributed by atoms with E-state index in [0.717, 1.165) is 49.8 Å². The number of aliphatic hydroxyl groups is 1. The van der Waals surface area contributed by atoms with E-state index < -0.39 is 6.10 Å². The van der Waals surface area contributed by atoms with Crippen LogP contribution in [0.25, 0.3) is 0 Å². The summed E-state index contributed by atoms with van der Waals surface area (Å²) in [5.74, 6) is 1.62. The maximum atomic E-state index is 11.0. The number of nitrogens with zero attached hydrogens (tertiary/aromatic N) is 4. The molecule has 0 unspecified atom stereocenters. The molecular weight excluding hydrogens is 386 g/mol. The lowest BCUT2D eigenvalue weighted by Crippen LogP contribution is -2.55. The number of fused-ring (bicyclic) bond motifs is 1. The molecule has 0 saturated carbocycles. The van der Waals surface area contributed by atoms with Crippen LogP contribution in [0.4, 0.5) is 17.3 Å². The minimum Gasteiger partial charge on any atom is -0.390 e. The number of nitrogens with one attached hydrogen (secondary N) is 1. The van der Waals surface area contributed by atoms with Gasteiger partial charge in [0.1, 0.15) is 18.0 Å². The average molecular weight is 416 g/mol. The van der Waals surface area contributed by atoms with E-state index in [9.17, 15) is 5.11 Å². The van der Waals surface area contributed by atoms with E-state index in [2.05, 4.69) is 62.3 Å². The zero-order valence-corrected chi connectivity index (χ0v) is 17.9. The summed E-state index contributed by atoms with van der Waals surface area (Å²) in [5, 5.41) is 14.4. The molecule has 0 bridgehead atoms. The lowest BCUT2D eigenvalue weighted by molar-refractivity contribution is 0.0293. The smallest absolute Gasteiger partial charge is 0.135 e. The van der Waals surface area contributed by atoms with Gasteiger partial charge < -0.3 is 15.3 Å². The van der Waals surface area contributed by atoms with Crippen LogP contribution in [0.15, 0.2) is 60.9 Å². The first-order chi connectivity index (χ1) is 15.2. The number of hydrogen-bond donors (Lipinski definition) is 2. The van der Waals surface area contributed by atoms with Gasteiger partial charge in [-0.25, -0.2) is 9.97 Å². The zero-order chi connectivity index (χ0) is 21.2. The number of anilines is 3. The van der Waals surface area contributed by atoms with Crippen molar-refractivity contribution < 1.29 is 5.11 Å². The molecule has 2 aliphatic heterocycles. The molecular formula is C25H29N5O. The molecule has 0 aliphatic carbocycles. The van der Waals surface area contributed by atoms with Crippen molar-refractivity contribution in [2.45, 2.75) is 38.5 Å². The van der Waals surface area contributed by atoms with E-state index in [1.165, 1.54) is 16.7 Å². The predicted molar refractivity (Wildman–Crippen MR) is 124 cm³/mol. The average Bonchev–Trinajstić information content (AvgIpc) is 2.80. The van der Waals surface area contributed by atoms with E-state index in [1.807, 2.05) is 24.3 Å². The molecule has 1 saturated heterocycles. The van der Waals surface area contributed by atoms with Crippen molar-refractivity contribution in [3.05, 3.63) is 77.6 Å². The molecule has 5 rings (SSSR count). The van der Waals surface area contributed by atoms with E-state index >= 15 is 0 Å². The highest BCUT2D eigenvalue weighted by molar-refractivity contribution is 5.62. The highest BCUT2D eigenvalue weighted by atomic mass is 16.3. The second-order valence-electron chi connectivity index (χ2n) is 8.56. The fourth-order valence-corrected chi connectivity index (χ4v) is 4.79. The van der Waals surface area contributed by atoms with Crippen LogP contribution in [-0.4, -0.2) is 51.8 Å². The van der Waals surface area contributed by atoms with Gasteiger partial charge in [-0.05, 0) is 42.5 Å². The Kier molecular flexibility index (Phi) is 5.57. The molecule has 1 aromatic heterocycles. The third-order valence-electron chi connectivity index (χ3n) is 6.56. The van der Waals surface area contributed by atoms with Gasteiger partial charge >= 0.3 is 0 Å². The van der Waals surface area contributed by atoms with Gasteiger partial charge in [-0.1, -0.05) is 42.5 Å². The maximum Gasteiger partial charge on any atom is 0.135 e. The molecule has 3 heterocycles. The molecule has 0 amide bonds. The van der Waals surface area contributed by atoms with E-state index in [1.54, 1.807) is 6.33 Å². The number of hydrogen-bond acceptors (Lipinski definition) is 6. The van der Waals surface area contributed by atoms with Crippen molar-refractivity contribution in [1.29, 1.82) is 0 Å². The molecule has 6 heteroatoms. The molecule has 0 radical (unpaired) electrons. The Labute approximate surface area is 183 Å². The van der Waals surface area contributed by atoms with Crippen molar-refractivity contribution in [3.8, 4) is 0 Å². The number of aliphatic hydroxyl groups excluding tert-OH is 1. The van der Waals surface area contributed by atoms with Gasteiger partial charge in [-0.3, -0.25) is 4.90 Å². The van der Waals surface area contributed by atoms with Gasteiger partial charge in [0.25, 0.3) is 0 Å². The fraction of sp³-hybridized carbons (Fsp3) is 0.360. The molecule has 2 N–H and O–H groups in total. The minimum atomic E-state index is -0.401. The van der Waals surface area contributed by atoms with Crippen molar-refractivity contribution in [3.63, 3.8) is 0 Å². The van der Waals surface area contributed by atoms with Crippen LogP contribution in [0, 0.1) is 6.92 Å². The van der Waals surface area contributed by atoms with Crippen LogP contribution in [0.3, 0.4) is 0 Å². The maximum absolute atomic E-state index is 11.0. The van der Waals surface area contributed by atoms with Crippen LogP contribution >= 0.6 is 0 Å². The van der Waals surface area contributed by atoms with Crippen molar-refractivity contribution in [2.75, 3.05) is 29.9 Å². The van der Waals surface area contributed by atoms with Crippen molar-refractivity contribution in [2.24, 2.45) is 0 Å². The molecule has 1 fully saturated rings. The summed E-state index contributed by atoms with van der Waals surface area (Å²) >= 11 is 0. The van der Waals surface area contributed by atoms with Crippen LogP contribution < -0.4 is 10.2 Å². The summed E-state index contributed by atoms with van der Waals surface area (Å²) < 4.78 is 0. The summed E-state index contributed by atoms with van der Waals surface area (Å²) in [6.45, 7) is 5.47. The first-order valence-corrected chi connectivity index (χ1v) is 11.1. The van der Waals surface area contributed by atoms with Crippen molar-refractivity contribution >= 4 is 17.3 Å². The lowest BCUT2D eigenvalue weighted by Gasteiger charge is -2.43. The molecule has 2 aliphatic rings. The van der Waals surface area contributed by atoms with E-state index in [0.29, 0.717) is 6.54 Å². The highest BCUT2D eigenvalue weighted by Crippen LogP contribution is 2.28. The Hall–Kier alpha value is -2.96. The fourth-order valence-electron chi connectivity index (χ4n) is 4.79. The van der Waals surface area contributed by atoms with E-state index in [4.69, 9.17) is 0 Å². The second-order valence-corrected chi connectivity index (χ2v) is 8.56. The Morgan fingerprint density at radius 3 is 2.65 bits per heavy atom. The van der Waals surface area contributed by atoms with Crippen LogP contribution in [0.2, 0.25) is 0 Å². The molecule has 2 aromatic carbocycles. The Morgan fingerprint density at radius 1 is 1.00 bits per heavy atom. The minimum absolute atomic E-state index is 0.191. The number of benzene rings is 2. The number of para-hydroxylation sites is 1. The monoisotopic (exact) mass is 415 g/mol. The quantitative estimate of drug-likeness (QED) is 0.680. The van der Waals surface area contributed by atoms with Gasteiger partial charge in [0, 0.05) is 44.0 Å². The predicted octanol–water partition coefficient (Wildman–Crippen LogP) is 3.53. The van der Waals surface area contributed by atoms with Gasteiger partial charge in [-0.2, -0.15) is 0 Å². The standard InChI is InChI=1S/C25H29N5O/c1-18-6-2-5-9-21(18)28-24-14-25(27-17-26-24)30-13-11-22(23(31)16-30)29-12-10-19-7-3-4-8-20(19)15-29/h2-9,14,17,22-23,31H,10-13,15-16H2,1H3,(H,26,27,28)/t22-,23-/m0/s1. The van der Waals surface area contributed by atoms with Crippen LogP contribution in [0.5, 0.6) is 0 Å². The SMILES string of the molecule is Cc1ccccc1Nc1cc(N2CC[C@H](N3CCc4ccccc4C3)[C@@H](O)C2)ncn1. The van der Waals surface area contributed by atoms with Crippen molar-refractivity contribution in [1.82, 2.24) is 14.9 Å². The topological polar surface area (TPSA) is 64.5 Å². The number of piperidine rings is 1. The normalized spacial score (nSPS) is 21.5. The summed E-state index contributed by atoms with van der Waals surface area (Å²) in [5.41, 5.74) is 5.05. The lowest BCUT2D eigenvalue weighted by atomic mass is 9.94.